The van der Waals surface area contributed by atoms with E-state index in [1.54, 1.807) is 14.2 Å². The van der Waals surface area contributed by atoms with Gasteiger partial charge in [0.2, 0.25) is 0 Å². The molecule has 0 spiro atoms. The van der Waals surface area contributed by atoms with E-state index in [0.29, 0.717) is 0 Å². The summed E-state index contributed by atoms with van der Waals surface area (Å²) in [6.45, 7) is 21.7. The van der Waals surface area contributed by atoms with Crippen LogP contribution in [0.1, 0.15) is 96.2 Å². The van der Waals surface area contributed by atoms with Gasteiger partial charge in [-0.1, -0.05) is 13.8 Å². The molecule has 3 aromatic carbocycles. The Morgan fingerprint density at radius 1 is 0.525 bits per heavy atom. The topological polar surface area (TPSA) is 36.9 Å². The van der Waals surface area contributed by atoms with Gasteiger partial charge in [0, 0.05) is 24.0 Å². The summed E-state index contributed by atoms with van der Waals surface area (Å²) in [7, 11) is 3.51. The van der Waals surface area contributed by atoms with Crippen LogP contribution in [0.4, 0.5) is 0 Å². The summed E-state index contributed by atoms with van der Waals surface area (Å²) in [5.74, 6) is 3.65. The number of ether oxygens (including phenoxy) is 4. The van der Waals surface area contributed by atoms with Crippen LogP contribution >= 0.6 is 0 Å². The molecule has 218 valence electrons. The first kappa shape index (κ1) is 31.4. The van der Waals surface area contributed by atoms with Gasteiger partial charge in [-0.25, -0.2) is 0 Å². The molecule has 0 fully saturated rings. The van der Waals surface area contributed by atoms with Gasteiger partial charge in [0.1, 0.15) is 23.0 Å². The van der Waals surface area contributed by atoms with Gasteiger partial charge < -0.3 is 18.9 Å². The summed E-state index contributed by atoms with van der Waals surface area (Å²) in [5.41, 5.74) is 12.5. The van der Waals surface area contributed by atoms with E-state index < -0.39 is 0 Å². The minimum Gasteiger partial charge on any atom is -0.496 e. The highest BCUT2D eigenvalue weighted by Gasteiger charge is 2.21. The summed E-state index contributed by atoms with van der Waals surface area (Å²) in [6, 6.07) is 8.58. The van der Waals surface area contributed by atoms with Crippen molar-refractivity contribution in [3.05, 3.63) is 79.9 Å². The van der Waals surface area contributed by atoms with E-state index >= 15 is 0 Å². The second-order valence-electron chi connectivity index (χ2n) is 11.3. The molecule has 40 heavy (non-hydrogen) atoms. The van der Waals surface area contributed by atoms with Gasteiger partial charge in [0.15, 0.2) is 0 Å². The Balaban J connectivity index is 2.18. The predicted octanol–water partition coefficient (Wildman–Crippen LogP) is 9.09. The summed E-state index contributed by atoms with van der Waals surface area (Å²) in [6.07, 6.45) is 3.74. The molecule has 3 aromatic rings. The lowest BCUT2D eigenvalue weighted by atomic mass is 9.83. The van der Waals surface area contributed by atoms with Crippen molar-refractivity contribution < 1.29 is 18.9 Å². The Labute approximate surface area is 243 Å². The molecule has 4 heteroatoms. The Bertz CT molecular complexity index is 1240. The molecule has 0 radical (unpaired) electrons. The predicted molar refractivity (Wildman–Crippen MR) is 167 cm³/mol. The summed E-state index contributed by atoms with van der Waals surface area (Å²) >= 11 is 0. The van der Waals surface area contributed by atoms with Crippen molar-refractivity contribution in [2.45, 2.75) is 107 Å². The maximum absolute atomic E-state index is 6.30. The number of methoxy groups -OCH3 is 2. The van der Waals surface area contributed by atoms with E-state index in [0.717, 1.165) is 70.9 Å². The Hall–Kier alpha value is -3.14. The van der Waals surface area contributed by atoms with Crippen molar-refractivity contribution in [1.29, 1.82) is 0 Å². The fraction of sp³-hybridized carbons (Fsp3) is 0.500. The highest BCUT2D eigenvalue weighted by molar-refractivity contribution is 5.57. The number of hydrogen-bond donors (Lipinski definition) is 0. The van der Waals surface area contributed by atoms with Crippen LogP contribution < -0.4 is 18.9 Å². The normalized spacial score (nSPS) is 12.7. The summed E-state index contributed by atoms with van der Waals surface area (Å²) in [4.78, 5) is 0. The van der Waals surface area contributed by atoms with Crippen LogP contribution in [0.3, 0.4) is 0 Å². The first-order valence-electron chi connectivity index (χ1n) is 14.7. The molecule has 0 aromatic heterocycles. The van der Waals surface area contributed by atoms with E-state index in [-0.39, 0.29) is 12.2 Å². The van der Waals surface area contributed by atoms with Crippen molar-refractivity contribution in [3.63, 3.8) is 0 Å². The average Bonchev–Trinajstić information content (AvgIpc) is 2.94. The third kappa shape index (κ3) is 6.77. The van der Waals surface area contributed by atoms with Crippen LogP contribution in [0.25, 0.3) is 0 Å². The Morgan fingerprint density at radius 2 is 0.875 bits per heavy atom. The molecule has 0 saturated carbocycles. The molecule has 0 N–H and O–H groups in total. The molecule has 0 bridgehead atoms. The van der Waals surface area contributed by atoms with Crippen molar-refractivity contribution in [2.75, 3.05) is 14.2 Å². The fourth-order valence-electron chi connectivity index (χ4n) is 5.25. The Morgan fingerprint density at radius 3 is 1.18 bits per heavy atom. The average molecular weight is 547 g/mol. The zero-order valence-electron chi connectivity index (χ0n) is 26.9. The van der Waals surface area contributed by atoms with Crippen molar-refractivity contribution in [2.24, 2.45) is 0 Å². The van der Waals surface area contributed by atoms with Crippen LogP contribution in [-0.2, 0) is 12.8 Å². The molecule has 0 unspecified atom stereocenters. The van der Waals surface area contributed by atoms with Gasteiger partial charge in [-0.3, -0.25) is 0 Å². The van der Waals surface area contributed by atoms with Crippen LogP contribution in [-0.4, -0.2) is 26.4 Å². The summed E-state index contributed by atoms with van der Waals surface area (Å²) in [5, 5.41) is 0. The van der Waals surface area contributed by atoms with E-state index in [9.17, 15) is 0 Å². The zero-order valence-corrected chi connectivity index (χ0v) is 26.9. The smallest absolute Gasteiger partial charge is 0.123 e. The second-order valence-corrected chi connectivity index (χ2v) is 11.3. The third-order valence-corrected chi connectivity index (χ3v) is 8.65. The molecule has 0 aliphatic heterocycles. The molecule has 0 aliphatic rings. The number of rotatable bonds is 12. The van der Waals surface area contributed by atoms with Crippen LogP contribution in [0, 0.1) is 41.5 Å². The second kappa shape index (κ2) is 13.5. The standard InChI is InChI=1S/C36H50O4/c1-13-23(5)39-33-19-29(35(37-11)15-21(33)3)17-31-27(9)25(7)26(8)28(10)32(31)18-30-20-34(40-24(6)14-2)22(4)16-36(30)38-12/h15-16,19-20,23-24H,13-14,17-18H2,1-12H3/t23-,24-/m1/s1. The molecule has 0 heterocycles. The van der Waals surface area contributed by atoms with E-state index in [2.05, 4.69) is 93.5 Å². The lowest BCUT2D eigenvalue weighted by molar-refractivity contribution is 0.215. The van der Waals surface area contributed by atoms with Crippen LogP contribution in [0.5, 0.6) is 23.0 Å². The SMILES string of the molecule is CC[C@@H](C)Oc1cc(Cc2c(C)c(C)c(C)c(C)c2Cc2cc(O[C@H](C)CC)c(C)cc2OC)c(OC)cc1C. The molecular weight excluding hydrogens is 496 g/mol. The summed E-state index contributed by atoms with van der Waals surface area (Å²) < 4.78 is 24.4. The van der Waals surface area contributed by atoms with Gasteiger partial charge in [-0.2, -0.15) is 0 Å². The maximum Gasteiger partial charge on any atom is 0.123 e. The number of benzene rings is 3. The molecule has 4 nitrogen and oxygen atoms in total. The lowest BCUT2D eigenvalue weighted by Gasteiger charge is -2.24. The highest BCUT2D eigenvalue weighted by Crippen LogP contribution is 2.38. The molecule has 3 rings (SSSR count). The lowest BCUT2D eigenvalue weighted by Crippen LogP contribution is -2.12. The van der Waals surface area contributed by atoms with Crippen molar-refractivity contribution >= 4 is 0 Å². The maximum atomic E-state index is 6.30. The number of aryl methyl sites for hydroxylation is 2. The monoisotopic (exact) mass is 546 g/mol. The molecule has 2 atom stereocenters. The Kier molecular flexibility index (Phi) is 10.6. The first-order chi connectivity index (χ1) is 18.9. The van der Waals surface area contributed by atoms with Gasteiger partial charge in [-0.15, -0.1) is 0 Å². The largest absolute Gasteiger partial charge is 0.496 e. The van der Waals surface area contributed by atoms with Crippen LogP contribution in [0.2, 0.25) is 0 Å². The van der Waals surface area contributed by atoms with Gasteiger partial charge in [0.25, 0.3) is 0 Å². The fourth-order valence-corrected chi connectivity index (χ4v) is 5.25. The first-order valence-corrected chi connectivity index (χ1v) is 14.7. The van der Waals surface area contributed by atoms with E-state index in [1.807, 2.05) is 0 Å². The highest BCUT2D eigenvalue weighted by atomic mass is 16.5. The minimum absolute atomic E-state index is 0.155. The quantitative estimate of drug-likeness (QED) is 0.227. The van der Waals surface area contributed by atoms with Crippen molar-refractivity contribution in [1.82, 2.24) is 0 Å². The van der Waals surface area contributed by atoms with E-state index in [1.165, 1.54) is 33.4 Å². The molecular formula is C36H50O4. The van der Waals surface area contributed by atoms with Crippen molar-refractivity contribution in [3.8, 4) is 23.0 Å². The van der Waals surface area contributed by atoms with Gasteiger partial charge >= 0.3 is 0 Å². The minimum atomic E-state index is 0.155. The molecule has 0 amide bonds. The van der Waals surface area contributed by atoms with Crippen LogP contribution in [0.15, 0.2) is 24.3 Å². The van der Waals surface area contributed by atoms with E-state index in [4.69, 9.17) is 18.9 Å². The van der Waals surface area contributed by atoms with Gasteiger partial charge in [-0.05, 0) is 137 Å². The zero-order chi connectivity index (χ0) is 29.7. The molecule has 0 saturated heterocycles. The third-order valence-electron chi connectivity index (χ3n) is 8.65. The van der Waals surface area contributed by atoms with Gasteiger partial charge in [0.05, 0.1) is 26.4 Å². The molecule has 0 aliphatic carbocycles. The number of hydrogen-bond acceptors (Lipinski definition) is 4.